The van der Waals surface area contributed by atoms with Crippen LogP contribution in [0.15, 0.2) is 40.9 Å². The van der Waals surface area contributed by atoms with E-state index >= 15 is 0 Å². The van der Waals surface area contributed by atoms with Gasteiger partial charge in [0, 0.05) is 10.2 Å². The number of aromatic hydroxyl groups is 2. The van der Waals surface area contributed by atoms with E-state index in [1.807, 2.05) is 0 Å². The van der Waals surface area contributed by atoms with Crippen LogP contribution in [-0.2, 0) is 0 Å². The molecular formula is C14H10BrNO5. The second-order valence-corrected chi connectivity index (χ2v) is 5.07. The molecule has 0 aliphatic heterocycles. The number of anilines is 1. The average molecular weight is 352 g/mol. The minimum Gasteiger partial charge on any atom is -0.507 e. The van der Waals surface area contributed by atoms with Gasteiger partial charge in [0.1, 0.15) is 17.1 Å². The fourth-order valence-corrected chi connectivity index (χ4v) is 2.03. The Kier molecular flexibility index (Phi) is 4.13. The van der Waals surface area contributed by atoms with E-state index < -0.39 is 17.6 Å². The summed E-state index contributed by atoms with van der Waals surface area (Å²) in [6.07, 6.45) is 0. The Bertz CT molecular complexity index is 729. The van der Waals surface area contributed by atoms with Crippen molar-refractivity contribution in [1.29, 1.82) is 0 Å². The molecule has 0 spiro atoms. The number of aromatic carboxylic acids is 1. The molecule has 0 fully saturated rings. The number of benzene rings is 2. The van der Waals surface area contributed by atoms with Gasteiger partial charge < -0.3 is 20.6 Å². The predicted molar refractivity (Wildman–Crippen MR) is 78.8 cm³/mol. The largest absolute Gasteiger partial charge is 0.507 e. The molecule has 1 amide bonds. The van der Waals surface area contributed by atoms with E-state index in [1.54, 1.807) is 6.07 Å². The van der Waals surface area contributed by atoms with Crippen molar-refractivity contribution in [3.05, 3.63) is 52.0 Å². The van der Waals surface area contributed by atoms with Crippen LogP contribution < -0.4 is 5.32 Å². The van der Waals surface area contributed by atoms with Gasteiger partial charge >= 0.3 is 5.97 Å². The maximum atomic E-state index is 12.1. The SMILES string of the molecule is O=C(O)c1cc(NC(=O)c2cc(Br)ccc2O)ccc1O. The van der Waals surface area contributed by atoms with E-state index in [0.29, 0.717) is 4.47 Å². The van der Waals surface area contributed by atoms with Crippen molar-refractivity contribution < 1.29 is 24.9 Å². The average Bonchev–Trinajstić information content (AvgIpc) is 2.43. The summed E-state index contributed by atoms with van der Waals surface area (Å²) in [7, 11) is 0. The summed E-state index contributed by atoms with van der Waals surface area (Å²) in [6.45, 7) is 0. The number of carboxylic acid groups (broad SMARTS) is 1. The van der Waals surface area contributed by atoms with Crippen molar-refractivity contribution in [3.8, 4) is 11.5 Å². The van der Waals surface area contributed by atoms with Crippen molar-refractivity contribution >= 4 is 33.5 Å². The highest BCUT2D eigenvalue weighted by atomic mass is 79.9. The Balaban J connectivity index is 2.29. The standard InChI is InChI=1S/C14H10BrNO5/c15-7-1-3-11(17)9(5-7)13(19)16-8-2-4-12(18)10(6-8)14(20)21/h1-6,17-18H,(H,16,19)(H,20,21). The number of rotatable bonds is 3. The van der Waals surface area contributed by atoms with Crippen LogP contribution in [-0.4, -0.2) is 27.2 Å². The van der Waals surface area contributed by atoms with Crippen LogP contribution in [0.2, 0.25) is 0 Å². The third-order valence-electron chi connectivity index (χ3n) is 2.69. The minimum atomic E-state index is -1.31. The molecule has 0 saturated carbocycles. The molecule has 7 heteroatoms. The predicted octanol–water partition coefficient (Wildman–Crippen LogP) is 2.81. The number of amides is 1. The molecule has 0 aliphatic rings. The number of hydrogen-bond acceptors (Lipinski definition) is 4. The molecule has 0 radical (unpaired) electrons. The lowest BCUT2D eigenvalue weighted by molar-refractivity contribution is 0.0693. The number of carbonyl (C=O) groups is 2. The number of halogens is 1. The van der Waals surface area contributed by atoms with Crippen LogP contribution in [0.4, 0.5) is 5.69 Å². The summed E-state index contributed by atoms with van der Waals surface area (Å²) in [6, 6.07) is 8.02. The van der Waals surface area contributed by atoms with Crippen LogP contribution in [0.3, 0.4) is 0 Å². The molecule has 0 aliphatic carbocycles. The zero-order chi connectivity index (χ0) is 15.6. The first-order chi connectivity index (χ1) is 9.88. The molecule has 0 unspecified atom stereocenters. The lowest BCUT2D eigenvalue weighted by atomic mass is 10.1. The van der Waals surface area contributed by atoms with Crippen molar-refractivity contribution in [3.63, 3.8) is 0 Å². The van der Waals surface area contributed by atoms with Crippen molar-refractivity contribution in [2.24, 2.45) is 0 Å². The van der Waals surface area contributed by atoms with Gasteiger partial charge in [0.15, 0.2) is 0 Å². The summed E-state index contributed by atoms with van der Waals surface area (Å²) in [5.41, 5.74) is -0.102. The first-order valence-corrected chi connectivity index (χ1v) is 6.54. The molecule has 108 valence electrons. The monoisotopic (exact) mass is 351 g/mol. The lowest BCUT2D eigenvalue weighted by Crippen LogP contribution is -2.12. The second-order valence-electron chi connectivity index (χ2n) is 4.15. The molecule has 2 aromatic carbocycles. The van der Waals surface area contributed by atoms with Gasteiger partial charge in [-0.05, 0) is 36.4 Å². The third kappa shape index (κ3) is 3.32. The van der Waals surface area contributed by atoms with Crippen LogP contribution >= 0.6 is 15.9 Å². The number of carbonyl (C=O) groups excluding carboxylic acids is 1. The second kappa shape index (κ2) is 5.84. The third-order valence-corrected chi connectivity index (χ3v) is 3.18. The van der Waals surface area contributed by atoms with Gasteiger partial charge in [-0.15, -0.1) is 0 Å². The van der Waals surface area contributed by atoms with Crippen LogP contribution in [0, 0.1) is 0 Å². The van der Waals surface area contributed by atoms with Gasteiger partial charge in [-0.2, -0.15) is 0 Å². The van der Waals surface area contributed by atoms with E-state index in [2.05, 4.69) is 21.2 Å². The Morgan fingerprint density at radius 1 is 0.952 bits per heavy atom. The molecule has 2 rings (SSSR count). The highest BCUT2D eigenvalue weighted by Crippen LogP contribution is 2.25. The molecule has 0 heterocycles. The van der Waals surface area contributed by atoms with Crippen LogP contribution in [0.1, 0.15) is 20.7 Å². The molecule has 21 heavy (non-hydrogen) atoms. The molecule has 0 aromatic heterocycles. The van der Waals surface area contributed by atoms with Gasteiger partial charge in [0.2, 0.25) is 0 Å². The van der Waals surface area contributed by atoms with Gasteiger partial charge in [-0.25, -0.2) is 4.79 Å². The fraction of sp³-hybridized carbons (Fsp3) is 0. The summed E-state index contributed by atoms with van der Waals surface area (Å²) >= 11 is 3.19. The molecule has 0 saturated heterocycles. The van der Waals surface area contributed by atoms with E-state index in [-0.39, 0.29) is 22.6 Å². The number of nitrogens with one attached hydrogen (secondary N) is 1. The number of phenolic OH excluding ortho intramolecular Hbond substituents is 1. The first kappa shape index (κ1) is 14.9. The maximum Gasteiger partial charge on any atom is 0.339 e. The molecule has 0 atom stereocenters. The Morgan fingerprint density at radius 3 is 2.24 bits per heavy atom. The van der Waals surface area contributed by atoms with Gasteiger partial charge in [0.25, 0.3) is 5.91 Å². The number of carboxylic acids is 1. The summed E-state index contributed by atoms with van der Waals surface area (Å²) in [5.74, 6) is -2.51. The minimum absolute atomic E-state index is 0.0364. The van der Waals surface area contributed by atoms with Crippen molar-refractivity contribution in [2.45, 2.75) is 0 Å². The van der Waals surface area contributed by atoms with E-state index in [0.717, 1.165) is 6.07 Å². The number of phenols is 2. The highest BCUT2D eigenvalue weighted by Gasteiger charge is 2.14. The quantitative estimate of drug-likeness (QED) is 0.636. The molecule has 0 bridgehead atoms. The van der Waals surface area contributed by atoms with E-state index in [4.69, 9.17) is 5.11 Å². The normalized spacial score (nSPS) is 10.1. The summed E-state index contributed by atoms with van der Waals surface area (Å²) in [5, 5.41) is 30.4. The van der Waals surface area contributed by atoms with Crippen molar-refractivity contribution in [2.75, 3.05) is 5.32 Å². The maximum absolute atomic E-state index is 12.1. The molecular weight excluding hydrogens is 342 g/mol. The van der Waals surface area contributed by atoms with Gasteiger partial charge in [-0.1, -0.05) is 15.9 Å². The zero-order valence-corrected chi connectivity index (χ0v) is 12.1. The lowest BCUT2D eigenvalue weighted by Gasteiger charge is -2.08. The van der Waals surface area contributed by atoms with Crippen LogP contribution in [0.25, 0.3) is 0 Å². The van der Waals surface area contributed by atoms with Crippen molar-refractivity contribution in [1.82, 2.24) is 0 Å². The Labute approximate surface area is 127 Å². The molecule has 6 nitrogen and oxygen atoms in total. The summed E-state index contributed by atoms with van der Waals surface area (Å²) < 4.78 is 0.613. The highest BCUT2D eigenvalue weighted by molar-refractivity contribution is 9.10. The topological polar surface area (TPSA) is 107 Å². The first-order valence-electron chi connectivity index (χ1n) is 5.74. The van der Waals surface area contributed by atoms with E-state index in [9.17, 15) is 19.8 Å². The molecule has 4 N–H and O–H groups in total. The zero-order valence-electron chi connectivity index (χ0n) is 10.5. The van der Waals surface area contributed by atoms with Gasteiger partial charge in [0.05, 0.1) is 5.56 Å². The van der Waals surface area contributed by atoms with Gasteiger partial charge in [-0.3, -0.25) is 4.79 Å². The summed E-state index contributed by atoms with van der Waals surface area (Å²) in [4.78, 5) is 23.0. The molecule has 2 aromatic rings. The van der Waals surface area contributed by atoms with Crippen LogP contribution in [0.5, 0.6) is 11.5 Å². The Morgan fingerprint density at radius 2 is 1.57 bits per heavy atom. The van der Waals surface area contributed by atoms with E-state index in [1.165, 1.54) is 24.3 Å². The smallest absolute Gasteiger partial charge is 0.339 e. The number of hydrogen-bond donors (Lipinski definition) is 4. The Hall–Kier alpha value is -2.54. The fourth-order valence-electron chi connectivity index (χ4n) is 1.67.